The molecule has 1 amide bonds. The molecule has 8 nitrogen and oxygen atoms in total. The largest absolute Gasteiger partial charge is 0.493 e. The number of benzene rings is 3. The van der Waals surface area contributed by atoms with Crippen LogP contribution in [0, 0.1) is 11.3 Å². The van der Waals surface area contributed by atoms with Crippen molar-refractivity contribution in [2.45, 2.75) is 0 Å². The quantitative estimate of drug-likeness (QED) is 0.244. The second-order valence-corrected chi connectivity index (χ2v) is 6.64. The molecule has 0 fully saturated rings. The second kappa shape index (κ2) is 10.4. The van der Waals surface area contributed by atoms with E-state index in [2.05, 4.69) is 5.32 Å². The summed E-state index contributed by atoms with van der Waals surface area (Å²) in [6.07, 6.45) is 1.29. The Labute approximate surface area is 189 Å². The van der Waals surface area contributed by atoms with Crippen molar-refractivity contribution < 1.29 is 29.0 Å². The zero-order valence-electron chi connectivity index (χ0n) is 17.4. The van der Waals surface area contributed by atoms with Crippen molar-refractivity contribution in [3.63, 3.8) is 0 Å². The molecule has 0 saturated carbocycles. The Morgan fingerprint density at radius 3 is 2.33 bits per heavy atom. The van der Waals surface area contributed by atoms with E-state index >= 15 is 0 Å². The van der Waals surface area contributed by atoms with Gasteiger partial charge in [0.25, 0.3) is 5.91 Å². The number of para-hydroxylation sites is 1. The molecule has 3 aromatic carbocycles. The number of ether oxygens (including phenoxy) is 2. The van der Waals surface area contributed by atoms with Gasteiger partial charge in [0.15, 0.2) is 11.5 Å². The van der Waals surface area contributed by atoms with Crippen molar-refractivity contribution >= 4 is 29.6 Å². The molecule has 0 aliphatic rings. The first kappa shape index (κ1) is 22.8. The average molecular weight is 442 g/mol. The van der Waals surface area contributed by atoms with Crippen molar-refractivity contribution in [2.24, 2.45) is 0 Å². The Balaban J connectivity index is 1.87. The van der Waals surface area contributed by atoms with E-state index in [4.69, 9.17) is 9.47 Å². The van der Waals surface area contributed by atoms with Crippen molar-refractivity contribution in [2.75, 3.05) is 12.4 Å². The number of methoxy groups -OCH3 is 1. The van der Waals surface area contributed by atoms with Gasteiger partial charge in [-0.3, -0.25) is 4.79 Å². The van der Waals surface area contributed by atoms with Gasteiger partial charge in [-0.25, -0.2) is 9.59 Å². The van der Waals surface area contributed by atoms with Crippen molar-refractivity contribution in [1.82, 2.24) is 0 Å². The van der Waals surface area contributed by atoms with Crippen LogP contribution in [0.2, 0.25) is 0 Å². The Kier molecular flexibility index (Phi) is 7.19. The van der Waals surface area contributed by atoms with E-state index in [-0.39, 0.29) is 28.3 Å². The average Bonchev–Trinajstić information content (AvgIpc) is 2.83. The first-order valence-electron chi connectivity index (χ1n) is 9.63. The van der Waals surface area contributed by atoms with Crippen LogP contribution in [0.1, 0.15) is 26.3 Å². The minimum atomic E-state index is -1.21. The lowest BCUT2D eigenvalue weighted by Gasteiger charge is -2.11. The third-order valence-corrected chi connectivity index (χ3v) is 4.48. The van der Waals surface area contributed by atoms with Gasteiger partial charge in [-0.15, -0.1) is 0 Å². The van der Waals surface area contributed by atoms with Gasteiger partial charge in [-0.1, -0.05) is 36.4 Å². The van der Waals surface area contributed by atoms with Gasteiger partial charge in [-0.2, -0.15) is 5.26 Å². The zero-order chi connectivity index (χ0) is 23.8. The van der Waals surface area contributed by atoms with E-state index in [1.54, 1.807) is 48.5 Å². The molecule has 0 bridgehead atoms. The lowest BCUT2D eigenvalue weighted by atomic mass is 10.1. The predicted molar refractivity (Wildman–Crippen MR) is 120 cm³/mol. The van der Waals surface area contributed by atoms with Gasteiger partial charge in [0.1, 0.15) is 11.6 Å². The van der Waals surface area contributed by atoms with Crippen molar-refractivity contribution in [1.29, 1.82) is 5.26 Å². The molecule has 0 aliphatic heterocycles. The molecule has 33 heavy (non-hydrogen) atoms. The van der Waals surface area contributed by atoms with Gasteiger partial charge in [-0.05, 0) is 48.0 Å². The van der Waals surface area contributed by atoms with Crippen LogP contribution in [0.4, 0.5) is 5.69 Å². The minimum absolute atomic E-state index is 0.0587. The Bertz CT molecular complexity index is 1280. The number of anilines is 1. The summed E-state index contributed by atoms with van der Waals surface area (Å²) < 4.78 is 10.7. The summed E-state index contributed by atoms with van der Waals surface area (Å²) in [5.74, 6) is -2.21. The molecule has 0 aromatic heterocycles. The number of hydrogen-bond acceptors (Lipinski definition) is 6. The molecule has 0 atom stereocenters. The van der Waals surface area contributed by atoms with E-state index in [1.807, 2.05) is 0 Å². The number of esters is 1. The first-order valence-corrected chi connectivity index (χ1v) is 9.63. The third-order valence-electron chi connectivity index (χ3n) is 4.48. The molecule has 0 radical (unpaired) electrons. The molecule has 0 heterocycles. The Morgan fingerprint density at radius 1 is 0.970 bits per heavy atom. The van der Waals surface area contributed by atoms with Crippen LogP contribution in [0.25, 0.3) is 6.08 Å². The number of carbonyl (C=O) groups excluding carboxylic acids is 2. The highest BCUT2D eigenvalue weighted by molar-refractivity contribution is 6.11. The molecule has 8 heteroatoms. The zero-order valence-corrected chi connectivity index (χ0v) is 17.4. The number of nitriles is 1. The maximum atomic E-state index is 12.6. The minimum Gasteiger partial charge on any atom is -0.493 e. The summed E-state index contributed by atoms with van der Waals surface area (Å²) in [6, 6.07) is 20.6. The number of nitrogens with zero attached hydrogens (tertiary/aromatic N) is 1. The molecule has 0 unspecified atom stereocenters. The van der Waals surface area contributed by atoms with Gasteiger partial charge in [0, 0.05) is 0 Å². The molecule has 3 rings (SSSR count). The second-order valence-electron chi connectivity index (χ2n) is 6.64. The highest BCUT2D eigenvalue weighted by Gasteiger charge is 2.16. The summed E-state index contributed by atoms with van der Waals surface area (Å²) in [4.78, 5) is 36.3. The van der Waals surface area contributed by atoms with Gasteiger partial charge >= 0.3 is 11.9 Å². The molecular weight excluding hydrogens is 424 g/mol. The maximum absolute atomic E-state index is 12.6. The predicted octanol–water partition coefficient (Wildman–Crippen LogP) is 4.16. The van der Waals surface area contributed by atoms with Gasteiger partial charge in [0.2, 0.25) is 0 Å². The fourth-order valence-corrected chi connectivity index (χ4v) is 2.88. The number of rotatable bonds is 7. The Morgan fingerprint density at radius 2 is 1.67 bits per heavy atom. The number of nitrogens with one attached hydrogen (secondary N) is 1. The monoisotopic (exact) mass is 442 g/mol. The van der Waals surface area contributed by atoms with Crippen LogP contribution < -0.4 is 14.8 Å². The van der Waals surface area contributed by atoms with Crippen LogP contribution in [0.15, 0.2) is 78.4 Å². The van der Waals surface area contributed by atoms with E-state index in [0.717, 1.165) is 0 Å². The van der Waals surface area contributed by atoms with E-state index in [9.17, 15) is 24.8 Å². The summed E-state index contributed by atoms with van der Waals surface area (Å²) in [6.45, 7) is 0. The van der Waals surface area contributed by atoms with Crippen molar-refractivity contribution in [3.05, 3.63) is 95.1 Å². The fourth-order valence-electron chi connectivity index (χ4n) is 2.88. The van der Waals surface area contributed by atoms with Crippen LogP contribution >= 0.6 is 0 Å². The lowest BCUT2D eigenvalue weighted by molar-refractivity contribution is -0.112. The van der Waals surface area contributed by atoms with Crippen molar-refractivity contribution in [3.8, 4) is 17.6 Å². The number of carboxylic acid groups (broad SMARTS) is 1. The van der Waals surface area contributed by atoms with E-state index in [0.29, 0.717) is 11.1 Å². The SMILES string of the molecule is COc1ccc(/C=C(\C#N)C(=O)Nc2ccccc2C(=O)O)cc1OC(=O)c1ccccc1. The molecule has 0 aliphatic carbocycles. The lowest BCUT2D eigenvalue weighted by Crippen LogP contribution is -2.16. The molecular formula is C25H18N2O6. The molecule has 0 saturated heterocycles. The fraction of sp³-hybridized carbons (Fsp3) is 0.0400. The van der Waals surface area contributed by atoms with Crippen LogP contribution in [0.5, 0.6) is 11.5 Å². The highest BCUT2D eigenvalue weighted by atomic mass is 16.6. The normalized spacial score (nSPS) is 10.6. The van der Waals surface area contributed by atoms with Crippen LogP contribution in [-0.2, 0) is 4.79 Å². The number of amides is 1. The number of hydrogen-bond donors (Lipinski definition) is 2. The van der Waals surface area contributed by atoms with Crippen LogP contribution in [-0.4, -0.2) is 30.1 Å². The smallest absolute Gasteiger partial charge is 0.343 e. The van der Waals surface area contributed by atoms with Crippen LogP contribution in [0.3, 0.4) is 0 Å². The first-order chi connectivity index (χ1) is 15.9. The molecule has 2 N–H and O–H groups in total. The summed E-state index contributed by atoms with van der Waals surface area (Å²) in [5.41, 5.74) is 0.409. The van der Waals surface area contributed by atoms with Gasteiger partial charge < -0.3 is 19.9 Å². The Hall–Kier alpha value is -4.90. The topological polar surface area (TPSA) is 126 Å². The number of aromatic carboxylic acids is 1. The van der Waals surface area contributed by atoms with Gasteiger partial charge in [0.05, 0.1) is 23.9 Å². The van der Waals surface area contributed by atoms with E-state index in [1.165, 1.54) is 43.5 Å². The number of carboxylic acids is 1. The third kappa shape index (κ3) is 5.62. The molecule has 3 aromatic rings. The number of carbonyl (C=O) groups is 3. The summed E-state index contributed by atoms with van der Waals surface area (Å²) >= 11 is 0. The molecule has 0 spiro atoms. The van der Waals surface area contributed by atoms with E-state index < -0.39 is 17.8 Å². The maximum Gasteiger partial charge on any atom is 0.343 e. The standard InChI is InChI=1S/C25H18N2O6/c1-32-21-12-11-16(14-22(21)33-25(31)17-7-3-2-4-8-17)13-18(15-26)23(28)27-20-10-6-5-9-19(20)24(29)30/h2-14H,1H3,(H,27,28)(H,29,30)/b18-13+. The molecule has 164 valence electrons. The highest BCUT2D eigenvalue weighted by Crippen LogP contribution is 2.30. The summed E-state index contributed by atoms with van der Waals surface area (Å²) in [7, 11) is 1.42. The summed E-state index contributed by atoms with van der Waals surface area (Å²) in [5, 5.41) is 21.2.